The standard InChI is InChI=1S/C15H18N2O2S/c1-10-9-20-14(17-10)15(2,3)16-8-11-4-6-12(7-5-11)13(18)19/h4-7,9,16H,8H2,1-3H3,(H,18,19). The van der Waals surface area contributed by atoms with Crippen molar-refractivity contribution >= 4 is 17.3 Å². The van der Waals surface area contributed by atoms with E-state index in [-0.39, 0.29) is 5.54 Å². The Labute approximate surface area is 122 Å². The summed E-state index contributed by atoms with van der Waals surface area (Å²) in [7, 11) is 0. The van der Waals surface area contributed by atoms with Gasteiger partial charge in [-0.25, -0.2) is 9.78 Å². The number of aromatic nitrogens is 1. The third-order valence-electron chi connectivity index (χ3n) is 3.09. The molecule has 2 rings (SSSR count). The summed E-state index contributed by atoms with van der Waals surface area (Å²) in [5, 5.41) is 15.4. The van der Waals surface area contributed by atoms with Crippen molar-refractivity contribution in [2.75, 3.05) is 0 Å². The van der Waals surface area contributed by atoms with Gasteiger partial charge in [0.05, 0.1) is 11.1 Å². The molecule has 0 amide bonds. The van der Waals surface area contributed by atoms with Gasteiger partial charge < -0.3 is 10.4 Å². The molecule has 0 aliphatic carbocycles. The number of benzene rings is 1. The maximum atomic E-state index is 10.8. The molecule has 0 fully saturated rings. The van der Waals surface area contributed by atoms with Gasteiger partial charge in [-0.3, -0.25) is 0 Å². The first-order chi connectivity index (χ1) is 9.38. The molecule has 1 aromatic carbocycles. The highest BCUT2D eigenvalue weighted by Gasteiger charge is 2.23. The second-order valence-corrected chi connectivity index (χ2v) is 6.13. The number of rotatable bonds is 5. The molecule has 0 saturated carbocycles. The Kier molecular flexibility index (Phi) is 4.20. The molecule has 5 heteroatoms. The Balaban J connectivity index is 2.02. The smallest absolute Gasteiger partial charge is 0.335 e. The molecule has 0 unspecified atom stereocenters. The number of aryl methyl sites for hydroxylation is 1. The predicted octanol–water partition coefficient (Wildman–Crippen LogP) is 3.17. The first kappa shape index (κ1) is 14.7. The van der Waals surface area contributed by atoms with E-state index in [0.717, 1.165) is 16.3 Å². The Hall–Kier alpha value is -1.72. The van der Waals surface area contributed by atoms with E-state index in [4.69, 9.17) is 5.11 Å². The van der Waals surface area contributed by atoms with Gasteiger partial charge in [-0.2, -0.15) is 0 Å². The van der Waals surface area contributed by atoms with E-state index < -0.39 is 5.97 Å². The summed E-state index contributed by atoms with van der Waals surface area (Å²) in [6, 6.07) is 6.92. The van der Waals surface area contributed by atoms with Gasteiger partial charge in [-0.15, -0.1) is 11.3 Å². The minimum atomic E-state index is -0.900. The molecule has 2 N–H and O–H groups in total. The second kappa shape index (κ2) is 5.73. The van der Waals surface area contributed by atoms with Crippen molar-refractivity contribution in [1.29, 1.82) is 0 Å². The lowest BCUT2D eigenvalue weighted by Crippen LogP contribution is -2.35. The normalized spacial score (nSPS) is 11.6. The van der Waals surface area contributed by atoms with E-state index in [9.17, 15) is 4.79 Å². The molecule has 4 nitrogen and oxygen atoms in total. The number of carboxylic acids is 1. The minimum Gasteiger partial charge on any atom is -0.478 e. The zero-order chi connectivity index (χ0) is 14.8. The van der Waals surface area contributed by atoms with Gasteiger partial charge in [0, 0.05) is 17.6 Å². The fourth-order valence-electron chi connectivity index (χ4n) is 1.80. The van der Waals surface area contributed by atoms with Gasteiger partial charge in [-0.05, 0) is 38.5 Å². The Bertz CT molecular complexity index is 603. The molecule has 0 saturated heterocycles. The van der Waals surface area contributed by atoms with Crippen LogP contribution in [0.2, 0.25) is 0 Å². The lowest BCUT2D eigenvalue weighted by Gasteiger charge is -2.24. The van der Waals surface area contributed by atoms with E-state index in [2.05, 4.69) is 24.1 Å². The number of nitrogens with one attached hydrogen (secondary N) is 1. The molecular formula is C15H18N2O2S. The number of carbonyl (C=O) groups is 1. The summed E-state index contributed by atoms with van der Waals surface area (Å²) in [6.07, 6.45) is 0. The molecule has 106 valence electrons. The van der Waals surface area contributed by atoms with E-state index in [1.54, 1.807) is 23.5 Å². The van der Waals surface area contributed by atoms with Gasteiger partial charge in [0.1, 0.15) is 5.01 Å². The van der Waals surface area contributed by atoms with Crippen LogP contribution in [-0.4, -0.2) is 16.1 Å². The van der Waals surface area contributed by atoms with Gasteiger partial charge >= 0.3 is 5.97 Å². The first-order valence-corrected chi connectivity index (χ1v) is 7.26. The largest absolute Gasteiger partial charge is 0.478 e. The van der Waals surface area contributed by atoms with Crippen LogP contribution in [-0.2, 0) is 12.1 Å². The van der Waals surface area contributed by atoms with Crippen LogP contribution in [0.15, 0.2) is 29.6 Å². The van der Waals surface area contributed by atoms with Crippen molar-refractivity contribution < 1.29 is 9.90 Å². The third kappa shape index (κ3) is 3.43. The second-order valence-electron chi connectivity index (χ2n) is 5.27. The molecule has 0 aliphatic heterocycles. The van der Waals surface area contributed by atoms with E-state index in [0.29, 0.717) is 12.1 Å². The van der Waals surface area contributed by atoms with Crippen molar-refractivity contribution in [3.63, 3.8) is 0 Å². The number of hydrogen-bond acceptors (Lipinski definition) is 4. The molecule has 1 heterocycles. The fourth-order valence-corrected chi connectivity index (χ4v) is 2.70. The van der Waals surface area contributed by atoms with Crippen LogP contribution >= 0.6 is 11.3 Å². The maximum Gasteiger partial charge on any atom is 0.335 e. The molecule has 0 bridgehead atoms. The topological polar surface area (TPSA) is 62.2 Å². The predicted molar refractivity (Wildman–Crippen MR) is 80.1 cm³/mol. The van der Waals surface area contributed by atoms with Crippen LogP contribution in [0.3, 0.4) is 0 Å². The fraction of sp³-hybridized carbons (Fsp3) is 0.333. The van der Waals surface area contributed by atoms with Crippen LogP contribution in [0.5, 0.6) is 0 Å². The summed E-state index contributed by atoms with van der Waals surface area (Å²) in [6.45, 7) is 6.85. The van der Waals surface area contributed by atoms with Crippen LogP contribution in [0, 0.1) is 6.92 Å². The molecule has 0 atom stereocenters. The summed E-state index contributed by atoms with van der Waals surface area (Å²) >= 11 is 1.65. The highest BCUT2D eigenvalue weighted by atomic mass is 32.1. The van der Waals surface area contributed by atoms with Crippen LogP contribution in [0.1, 0.15) is 40.5 Å². The zero-order valence-electron chi connectivity index (χ0n) is 11.8. The lowest BCUT2D eigenvalue weighted by molar-refractivity contribution is 0.0697. The number of hydrogen-bond donors (Lipinski definition) is 2. The molecule has 1 aromatic heterocycles. The van der Waals surface area contributed by atoms with Crippen molar-refractivity contribution in [3.05, 3.63) is 51.5 Å². The monoisotopic (exact) mass is 290 g/mol. The molecule has 0 aliphatic rings. The van der Waals surface area contributed by atoms with Gasteiger partial charge in [0.15, 0.2) is 0 Å². The number of nitrogens with zero attached hydrogens (tertiary/aromatic N) is 1. The summed E-state index contributed by atoms with van der Waals surface area (Å²) in [5.74, 6) is -0.900. The van der Waals surface area contributed by atoms with E-state index >= 15 is 0 Å². The highest BCUT2D eigenvalue weighted by Crippen LogP contribution is 2.24. The average Bonchev–Trinajstić information content (AvgIpc) is 2.84. The maximum absolute atomic E-state index is 10.8. The van der Waals surface area contributed by atoms with Crippen molar-refractivity contribution in [3.8, 4) is 0 Å². The summed E-state index contributed by atoms with van der Waals surface area (Å²) in [5.41, 5.74) is 2.19. The number of aromatic carboxylic acids is 1. The Morgan fingerprint density at radius 3 is 2.50 bits per heavy atom. The highest BCUT2D eigenvalue weighted by molar-refractivity contribution is 7.09. The molecule has 0 spiro atoms. The first-order valence-electron chi connectivity index (χ1n) is 6.38. The minimum absolute atomic E-state index is 0.204. The Morgan fingerprint density at radius 2 is 2.00 bits per heavy atom. The lowest BCUT2D eigenvalue weighted by atomic mass is 10.1. The quantitative estimate of drug-likeness (QED) is 0.888. The SMILES string of the molecule is Cc1csc(C(C)(C)NCc2ccc(C(=O)O)cc2)n1. The molecule has 20 heavy (non-hydrogen) atoms. The summed E-state index contributed by atoms with van der Waals surface area (Å²) in [4.78, 5) is 15.3. The average molecular weight is 290 g/mol. The summed E-state index contributed by atoms with van der Waals surface area (Å²) < 4.78 is 0. The van der Waals surface area contributed by atoms with Crippen LogP contribution in [0.4, 0.5) is 0 Å². The van der Waals surface area contributed by atoms with Crippen molar-refractivity contribution in [2.45, 2.75) is 32.9 Å². The van der Waals surface area contributed by atoms with Gasteiger partial charge in [0.25, 0.3) is 0 Å². The molecular weight excluding hydrogens is 272 g/mol. The van der Waals surface area contributed by atoms with Gasteiger partial charge in [-0.1, -0.05) is 12.1 Å². The number of thiazole rings is 1. The number of carboxylic acid groups (broad SMARTS) is 1. The van der Waals surface area contributed by atoms with E-state index in [1.807, 2.05) is 24.4 Å². The van der Waals surface area contributed by atoms with Crippen molar-refractivity contribution in [2.24, 2.45) is 0 Å². The molecule has 2 aromatic rings. The Morgan fingerprint density at radius 1 is 1.35 bits per heavy atom. The van der Waals surface area contributed by atoms with Crippen molar-refractivity contribution in [1.82, 2.24) is 10.3 Å². The van der Waals surface area contributed by atoms with Gasteiger partial charge in [0.2, 0.25) is 0 Å². The van der Waals surface area contributed by atoms with E-state index in [1.165, 1.54) is 0 Å². The molecule has 0 radical (unpaired) electrons. The zero-order valence-corrected chi connectivity index (χ0v) is 12.6. The van der Waals surface area contributed by atoms with Crippen LogP contribution in [0.25, 0.3) is 0 Å². The third-order valence-corrected chi connectivity index (χ3v) is 4.37. The van der Waals surface area contributed by atoms with Crippen LogP contribution < -0.4 is 5.32 Å².